The van der Waals surface area contributed by atoms with Crippen molar-refractivity contribution >= 4 is 29.0 Å². The smallest absolute Gasteiger partial charge is 0.233 e. The highest BCUT2D eigenvalue weighted by Crippen LogP contribution is 2.25. The average Bonchev–Trinajstić information content (AvgIpc) is 3.31. The summed E-state index contributed by atoms with van der Waals surface area (Å²) in [7, 11) is 1.78. The van der Waals surface area contributed by atoms with Gasteiger partial charge in [0.1, 0.15) is 5.75 Å². The van der Waals surface area contributed by atoms with Crippen molar-refractivity contribution in [2.45, 2.75) is 18.6 Å². The first kappa shape index (κ1) is 19.2. The Morgan fingerprint density at radius 3 is 2.74 bits per heavy atom. The fourth-order valence-electron chi connectivity index (χ4n) is 2.41. The lowest BCUT2D eigenvalue weighted by Gasteiger charge is -2.17. The SMILES string of the molecule is CCOc1ccc(CN(C)C(=O)CSc2nnc(-c3cccs3)n2N)cc1. The summed E-state index contributed by atoms with van der Waals surface area (Å²) in [4.78, 5) is 15.0. The van der Waals surface area contributed by atoms with Gasteiger partial charge in [-0.15, -0.1) is 21.5 Å². The third-order valence-corrected chi connectivity index (χ3v) is 5.60. The Labute approximate surface area is 166 Å². The van der Waals surface area contributed by atoms with E-state index in [9.17, 15) is 4.79 Å². The van der Waals surface area contributed by atoms with Gasteiger partial charge in [0.15, 0.2) is 5.82 Å². The van der Waals surface area contributed by atoms with Gasteiger partial charge in [-0.25, -0.2) is 4.68 Å². The Kier molecular flexibility index (Phi) is 6.36. The summed E-state index contributed by atoms with van der Waals surface area (Å²) in [5.41, 5.74) is 1.04. The van der Waals surface area contributed by atoms with Crippen LogP contribution in [0, 0.1) is 0 Å². The van der Waals surface area contributed by atoms with Crippen molar-refractivity contribution in [2.24, 2.45) is 0 Å². The largest absolute Gasteiger partial charge is 0.494 e. The van der Waals surface area contributed by atoms with Gasteiger partial charge in [0.25, 0.3) is 0 Å². The number of thioether (sulfide) groups is 1. The van der Waals surface area contributed by atoms with E-state index in [1.807, 2.05) is 48.7 Å². The van der Waals surface area contributed by atoms with Crippen molar-refractivity contribution in [1.82, 2.24) is 19.8 Å². The van der Waals surface area contributed by atoms with Crippen LogP contribution in [0.1, 0.15) is 12.5 Å². The fraction of sp³-hybridized carbons (Fsp3) is 0.278. The minimum Gasteiger partial charge on any atom is -0.494 e. The first-order valence-corrected chi connectivity index (χ1v) is 10.3. The monoisotopic (exact) mass is 403 g/mol. The summed E-state index contributed by atoms with van der Waals surface area (Å²) in [6.45, 7) is 3.11. The van der Waals surface area contributed by atoms with Crippen LogP contribution >= 0.6 is 23.1 Å². The van der Waals surface area contributed by atoms with Crippen LogP contribution in [0.5, 0.6) is 5.75 Å². The Balaban J connectivity index is 1.54. The number of carbonyl (C=O) groups is 1. The topological polar surface area (TPSA) is 86.3 Å². The average molecular weight is 404 g/mol. The lowest BCUT2D eigenvalue weighted by molar-refractivity contribution is -0.127. The molecule has 3 rings (SSSR count). The van der Waals surface area contributed by atoms with E-state index in [0.717, 1.165) is 16.2 Å². The molecule has 0 saturated heterocycles. The molecule has 0 aliphatic rings. The highest BCUT2D eigenvalue weighted by atomic mass is 32.2. The molecule has 7 nitrogen and oxygen atoms in total. The van der Waals surface area contributed by atoms with Crippen molar-refractivity contribution in [2.75, 3.05) is 25.3 Å². The van der Waals surface area contributed by atoms with Gasteiger partial charge in [-0.3, -0.25) is 4.79 Å². The van der Waals surface area contributed by atoms with Crippen LogP contribution in [0.25, 0.3) is 10.7 Å². The Bertz CT molecular complexity index is 878. The molecule has 1 amide bonds. The molecule has 0 fully saturated rings. The molecule has 0 aliphatic heterocycles. The fourth-order valence-corrected chi connectivity index (χ4v) is 3.91. The molecule has 0 atom stereocenters. The number of rotatable bonds is 8. The van der Waals surface area contributed by atoms with Crippen molar-refractivity contribution in [1.29, 1.82) is 0 Å². The van der Waals surface area contributed by atoms with Crippen molar-refractivity contribution in [3.05, 3.63) is 47.3 Å². The van der Waals surface area contributed by atoms with Crippen LogP contribution in [0.4, 0.5) is 0 Å². The molecule has 0 spiro atoms. The van der Waals surface area contributed by atoms with Gasteiger partial charge in [-0.05, 0) is 36.1 Å². The second kappa shape index (κ2) is 8.92. The standard InChI is InChI=1S/C18H21N5O2S2/c1-3-25-14-8-6-13(7-9-14)11-22(2)16(24)12-27-18-21-20-17(23(18)19)15-5-4-10-26-15/h4-10H,3,11-12,19H2,1-2H3. The first-order valence-electron chi connectivity index (χ1n) is 8.41. The molecule has 3 aromatic rings. The van der Waals surface area contributed by atoms with E-state index in [-0.39, 0.29) is 11.7 Å². The molecule has 9 heteroatoms. The zero-order chi connectivity index (χ0) is 19.2. The molecule has 27 heavy (non-hydrogen) atoms. The summed E-state index contributed by atoms with van der Waals surface area (Å²) in [5.74, 6) is 7.73. The normalized spacial score (nSPS) is 10.7. The summed E-state index contributed by atoms with van der Waals surface area (Å²) in [6.07, 6.45) is 0. The molecule has 0 bridgehead atoms. The molecular weight excluding hydrogens is 382 g/mol. The van der Waals surface area contributed by atoms with Crippen LogP contribution in [-0.2, 0) is 11.3 Å². The third kappa shape index (κ3) is 4.81. The van der Waals surface area contributed by atoms with Crippen LogP contribution in [0.15, 0.2) is 46.9 Å². The van der Waals surface area contributed by atoms with Crippen LogP contribution in [-0.4, -0.2) is 45.1 Å². The number of nitrogen functional groups attached to an aromatic ring is 1. The predicted octanol–water partition coefficient (Wildman–Crippen LogP) is 2.87. The second-order valence-electron chi connectivity index (χ2n) is 5.77. The van der Waals surface area contributed by atoms with Crippen LogP contribution in [0.2, 0.25) is 0 Å². The maximum absolute atomic E-state index is 12.4. The number of nitrogens with zero attached hydrogens (tertiary/aromatic N) is 4. The number of benzene rings is 1. The van der Waals surface area contributed by atoms with Crippen molar-refractivity contribution in [3.8, 4) is 16.5 Å². The van der Waals surface area contributed by atoms with E-state index in [1.165, 1.54) is 16.4 Å². The minimum atomic E-state index is -0.00504. The van der Waals surface area contributed by atoms with Crippen LogP contribution in [0.3, 0.4) is 0 Å². The van der Waals surface area contributed by atoms with Gasteiger partial charge in [-0.1, -0.05) is 30.0 Å². The molecule has 1 aromatic carbocycles. The van der Waals surface area contributed by atoms with Crippen molar-refractivity contribution < 1.29 is 9.53 Å². The number of carbonyl (C=O) groups excluding carboxylic acids is 1. The Morgan fingerprint density at radius 2 is 2.07 bits per heavy atom. The Hall–Kier alpha value is -2.52. The molecule has 0 aliphatic carbocycles. The zero-order valence-corrected chi connectivity index (χ0v) is 16.8. The van der Waals surface area contributed by atoms with E-state index in [1.54, 1.807) is 23.3 Å². The predicted molar refractivity (Wildman–Crippen MR) is 108 cm³/mol. The summed E-state index contributed by atoms with van der Waals surface area (Å²) in [6, 6.07) is 11.6. The van der Waals surface area contributed by atoms with Crippen LogP contribution < -0.4 is 10.6 Å². The van der Waals surface area contributed by atoms with Gasteiger partial charge in [0.05, 0.1) is 17.2 Å². The lowest BCUT2D eigenvalue weighted by atomic mass is 10.2. The van der Waals surface area contributed by atoms with Gasteiger partial charge < -0.3 is 15.5 Å². The lowest BCUT2D eigenvalue weighted by Crippen LogP contribution is -2.28. The third-order valence-electron chi connectivity index (χ3n) is 3.81. The highest BCUT2D eigenvalue weighted by Gasteiger charge is 2.16. The van der Waals surface area contributed by atoms with E-state index < -0.39 is 0 Å². The first-order chi connectivity index (χ1) is 13.1. The molecule has 2 N–H and O–H groups in total. The molecule has 0 unspecified atom stereocenters. The number of hydrogen-bond acceptors (Lipinski definition) is 7. The number of amides is 1. The molecule has 142 valence electrons. The Morgan fingerprint density at radius 1 is 1.30 bits per heavy atom. The summed E-state index contributed by atoms with van der Waals surface area (Å²) >= 11 is 2.82. The molecule has 2 aromatic heterocycles. The summed E-state index contributed by atoms with van der Waals surface area (Å²) < 4.78 is 6.86. The minimum absolute atomic E-state index is 0.00504. The van der Waals surface area contributed by atoms with Gasteiger partial charge >= 0.3 is 0 Å². The number of hydrogen-bond donors (Lipinski definition) is 1. The highest BCUT2D eigenvalue weighted by molar-refractivity contribution is 7.99. The zero-order valence-electron chi connectivity index (χ0n) is 15.2. The second-order valence-corrected chi connectivity index (χ2v) is 7.66. The maximum Gasteiger partial charge on any atom is 0.233 e. The number of aromatic nitrogens is 3. The number of ether oxygens (including phenoxy) is 1. The van der Waals surface area contributed by atoms with E-state index in [2.05, 4.69) is 10.2 Å². The van der Waals surface area contributed by atoms with Gasteiger partial charge in [-0.2, -0.15) is 0 Å². The number of nitrogens with two attached hydrogens (primary N) is 1. The molecular formula is C18H21N5O2S2. The van der Waals surface area contributed by atoms with E-state index in [0.29, 0.717) is 24.1 Å². The summed E-state index contributed by atoms with van der Waals surface area (Å²) in [5, 5.41) is 10.7. The van der Waals surface area contributed by atoms with Gasteiger partial charge in [0, 0.05) is 13.6 Å². The quantitative estimate of drug-likeness (QED) is 0.460. The molecule has 0 radical (unpaired) electrons. The van der Waals surface area contributed by atoms with Gasteiger partial charge in [0.2, 0.25) is 11.1 Å². The molecule has 0 saturated carbocycles. The maximum atomic E-state index is 12.4. The van der Waals surface area contributed by atoms with E-state index in [4.69, 9.17) is 10.6 Å². The number of thiophene rings is 1. The van der Waals surface area contributed by atoms with Crippen molar-refractivity contribution in [3.63, 3.8) is 0 Å². The molecule has 2 heterocycles. The van der Waals surface area contributed by atoms with E-state index >= 15 is 0 Å².